The lowest BCUT2D eigenvalue weighted by Gasteiger charge is -2.20. The smallest absolute Gasteiger partial charge is 0.266 e. The normalized spacial score (nSPS) is 11.0. The monoisotopic (exact) mass is 424 g/mol. The van der Waals surface area contributed by atoms with Crippen LogP contribution in [0.25, 0.3) is 10.2 Å². The van der Waals surface area contributed by atoms with Crippen LogP contribution in [0.4, 0.5) is 9.52 Å². The maximum absolute atomic E-state index is 13.6. The van der Waals surface area contributed by atoms with E-state index in [1.807, 2.05) is 42.0 Å². The first-order valence-electron chi connectivity index (χ1n) is 9.60. The predicted molar refractivity (Wildman–Crippen MR) is 115 cm³/mol. The molecule has 0 fully saturated rings. The number of fused-ring (bicyclic) bond motifs is 1. The van der Waals surface area contributed by atoms with E-state index in [4.69, 9.17) is 4.74 Å². The Bertz CT molecular complexity index is 1130. The standard InChI is InChI=1S/C22H21FN4O2S/c1-16-3-6-18(7-4-16)29-14-21(28)27(11-2-10-26-12-9-24-15-26)22-25-19-8-5-17(23)13-20(19)30-22/h3-9,12-13,15H,2,10-11,14H2,1H3. The van der Waals surface area contributed by atoms with Gasteiger partial charge in [0.05, 0.1) is 16.5 Å². The number of imidazole rings is 1. The second kappa shape index (κ2) is 9.04. The molecule has 0 aliphatic rings. The van der Waals surface area contributed by atoms with Crippen LogP contribution in [0.1, 0.15) is 12.0 Å². The largest absolute Gasteiger partial charge is 0.484 e. The van der Waals surface area contributed by atoms with E-state index in [9.17, 15) is 9.18 Å². The van der Waals surface area contributed by atoms with E-state index in [1.165, 1.54) is 23.5 Å². The molecular formula is C22H21FN4O2S. The molecule has 0 unspecified atom stereocenters. The molecule has 0 saturated carbocycles. The van der Waals surface area contributed by atoms with Gasteiger partial charge in [-0.3, -0.25) is 9.69 Å². The van der Waals surface area contributed by atoms with Gasteiger partial charge < -0.3 is 9.30 Å². The first-order valence-corrected chi connectivity index (χ1v) is 10.4. The Morgan fingerprint density at radius 3 is 2.83 bits per heavy atom. The summed E-state index contributed by atoms with van der Waals surface area (Å²) in [6.07, 6.45) is 6.07. The van der Waals surface area contributed by atoms with Gasteiger partial charge in [0.2, 0.25) is 0 Å². The van der Waals surface area contributed by atoms with E-state index < -0.39 is 0 Å². The first-order chi connectivity index (χ1) is 14.6. The molecule has 4 rings (SSSR count). The summed E-state index contributed by atoms with van der Waals surface area (Å²) in [6.45, 7) is 3.09. The molecule has 0 bridgehead atoms. The molecule has 4 aromatic rings. The molecule has 6 nitrogen and oxygen atoms in total. The van der Waals surface area contributed by atoms with Crippen LogP contribution in [-0.2, 0) is 11.3 Å². The molecular weight excluding hydrogens is 403 g/mol. The number of hydrogen-bond donors (Lipinski definition) is 0. The number of carbonyl (C=O) groups is 1. The Morgan fingerprint density at radius 2 is 2.07 bits per heavy atom. The zero-order valence-corrected chi connectivity index (χ0v) is 17.3. The lowest BCUT2D eigenvalue weighted by Crippen LogP contribution is -2.36. The van der Waals surface area contributed by atoms with Crippen LogP contribution in [0.15, 0.2) is 61.2 Å². The maximum Gasteiger partial charge on any atom is 0.266 e. The summed E-state index contributed by atoms with van der Waals surface area (Å²) in [5.74, 6) is 0.123. The highest BCUT2D eigenvalue weighted by atomic mass is 32.1. The van der Waals surface area contributed by atoms with Gasteiger partial charge in [0.1, 0.15) is 11.6 Å². The minimum Gasteiger partial charge on any atom is -0.484 e. The Hall–Kier alpha value is -3.26. The van der Waals surface area contributed by atoms with Gasteiger partial charge in [-0.2, -0.15) is 0 Å². The molecule has 0 radical (unpaired) electrons. The van der Waals surface area contributed by atoms with E-state index in [0.717, 1.165) is 18.5 Å². The molecule has 0 spiro atoms. The third-order valence-corrected chi connectivity index (χ3v) is 5.65. The number of hydrogen-bond acceptors (Lipinski definition) is 5. The topological polar surface area (TPSA) is 60.2 Å². The maximum atomic E-state index is 13.6. The molecule has 0 saturated heterocycles. The number of thiazole rings is 1. The number of halogens is 1. The fourth-order valence-electron chi connectivity index (χ4n) is 3.02. The van der Waals surface area contributed by atoms with Gasteiger partial charge in [0, 0.05) is 25.5 Å². The minimum absolute atomic E-state index is 0.0988. The van der Waals surface area contributed by atoms with Crippen LogP contribution >= 0.6 is 11.3 Å². The Balaban J connectivity index is 1.50. The summed E-state index contributed by atoms with van der Waals surface area (Å²) in [5.41, 5.74) is 1.79. The summed E-state index contributed by atoms with van der Waals surface area (Å²) >= 11 is 1.30. The van der Waals surface area contributed by atoms with Crippen molar-refractivity contribution in [2.24, 2.45) is 0 Å². The van der Waals surface area contributed by atoms with E-state index in [1.54, 1.807) is 23.5 Å². The first kappa shape index (κ1) is 20.0. The average molecular weight is 425 g/mol. The number of aromatic nitrogens is 3. The van der Waals surface area contributed by atoms with Crippen molar-refractivity contribution in [2.75, 3.05) is 18.1 Å². The fourth-order valence-corrected chi connectivity index (χ4v) is 4.05. The van der Waals surface area contributed by atoms with E-state index in [-0.39, 0.29) is 18.3 Å². The Morgan fingerprint density at radius 1 is 1.23 bits per heavy atom. The van der Waals surface area contributed by atoms with Gasteiger partial charge in [-0.1, -0.05) is 29.0 Å². The quantitative estimate of drug-likeness (QED) is 0.420. The molecule has 2 heterocycles. The molecule has 0 atom stereocenters. The summed E-state index contributed by atoms with van der Waals surface area (Å²) in [7, 11) is 0. The molecule has 30 heavy (non-hydrogen) atoms. The van der Waals surface area contributed by atoms with Crippen molar-refractivity contribution >= 4 is 32.6 Å². The van der Waals surface area contributed by atoms with Gasteiger partial charge in [0.25, 0.3) is 5.91 Å². The lowest BCUT2D eigenvalue weighted by atomic mass is 10.2. The van der Waals surface area contributed by atoms with Crippen molar-refractivity contribution in [3.63, 3.8) is 0 Å². The van der Waals surface area contributed by atoms with Crippen LogP contribution in [0.2, 0.25) is 0 Å². The summed E-state index contributed by atoms with van der Waals surface area (Å²) in [4.78, 5) is 23.2. The summed E-state index contributed by atoms with van der Waals surface area (Å²) in [6, 6.07) is 12.0. The van der Waals surface area contributed by atoms with Gasteiger partial charge >= 0.3 is 0 Å². The lowest BCUT2D eigenvalue weighted by molar-refractivity contribution is -0.120. The minimum atomic E-state index is -0.321. The van der Waals surface area contributed by atoms with Crippen molar-refractivity contribution in [1.82, 2.24) is 14.5 Å². The van der Waals surface area contributed by atoms with Crippen LogP contribution in [0.3, 0.4) is 0 Å². The number of anilines is 1. The van der Waals surface area contributed by atoms with E-state index in [0.29, 0.717) is 27.6 Å². The molecule has 1 amide bonds. The Kier molecular flexibility index (Phi) is 6.04. The van der Waals surface area contributed by atoms with Crippen molar-refractivity contribution in [3.8, 4) is 5.75 Å². The van der Waals surface area contributed by atoms with Crippen molar-refractivity contribution < 1.29 is 13.9 Å². The van der Waals surface area contributed by atoms with Crippen molar-refractivity contribution in [1.29, 1.82) is 0 Å². The van der Waals surface area contributed by atoms with Gasteiger partial charge in [-0.15, -0.1) is 0 Å². The fraction of sp³-hybridized carbons (Fsp3) is 0.227. The zero-order chi connectivity index (χ0) is 20.9. The molecule has 8 heteroatoms. The van der Waals surface area contributed by atoms with E-state index >= 15 is 0 Å². The average Bonchev–Trinajstić information content (AvgIpc) is 3.40. The molecule has 154 valence electrons. The van der Waals surface area contributed by atoms with Crippen LogP contribution in [0, 0.1) is 12.7 Å². The number of nitrogens with zero attached hydrogens (tertiary/aromatic N) is 4. The predicted octanol–water partition coefficient (Wildman–Crippen LogP) is 4.44. The third-order valence-electron chi connectivity index (χ3n) is 4.61. The zero-order valence-electron chi connectivity index (χ0n) is 16.5. The van der Waals surface area contributed by atoms with Crippen LogP contribution < -0.4 is 9.64 Å². The number of ether oxygens (including phenoxy) is 1. The number of amides is 1. The highest BCUT2D eigenvalue weighted by Gasteiger charge is 2.20. The molecule has 2 aromatic heterocycles. The van der Waals surface area contributed by atoms with Crippen LogP contribution in [-0.4, -0.2) is 33.6 Å². The Labute approximate surface area is 177 Å². The third kappa shape index (κ3) is 4.83. The second-order valence-electron chi connectivity index (χ2n) is 6.91. The highest BCUT2D eigenvalue weighted by molar-refractivity contribution is 7.22. The molecule has 0 aliphatic carbocycles. The summed E-state index contributed by atoms with van der Waals surface area (Å²) < 4.78 is 21.9. The van der Waals surface area contributed by atoms with Crippen molar-refractivity contribution in [2.45, 2.75) is 19.9 Å². The second-order valence-corrected chi connectivity index (χ2v) is 7.92. The van der Waals surface area contributed by atoms with Gasteiger partial charge in [0.15, 0.2) is 11.7 Å². The van der Waals surface area contributed by atoms with Crippen molar-refractivity contribution in [3.05, 3.63) is 72.6 Å². The van der Waals surface area contributed by atoms with Gasteiger partial charge in [-0.25, -0.2) is 14.4 Å². The number of carbonyl (C=O) groups excluding carboxylic acids is 1. The highest BCUT2D eigenvalue weighted by Crippen LogP contribution is 2.29. The molecule has 0 aliphatic heterocycles. The molecule has 0 N–H and O–H groups in total. The number of rotatable bonds is 8. The molecule has 2 aromatic carbocycles. The van der Waals surface area contributed by atoms with E-state index in [2.05, 4.69) is 9.97 Å². The number of benzene rings is 2. The summed E-state index contributed by atoms with van der Waals surface area (Å²) in [5, 5.41) is 0.540. The SMILES string of the molecule is Cc1ccc(OCC(=O)N(CCCn2ccnc2)c2nc3ccc(F)cc3s2)cc1. The number of aryl methyl sites for hydroxylation is 2. The van der Waals surface area contributed by atoms with Gasteiger partial charge in [-0.05, 0) is 43.7 Å². The van der Waals surface area contributed by atoms with Crippen LogP contribution in [0.5, 0.6) is 5.75 Å².